The van der Waals surface area contributed by atoms with E-state index in [2.05, 4.69) is 0 Å². The SMILES string of the molecule is O=C(OCc1cccc2ccccc12)c1cc2ccccc2cc1O. The van der Waals surface area contributed by atoms with Crippen LogP contribution in [0.2, 0.25) is 0 Å². The van der Waals surface area contributed by atoms with Gasteiger partial charge in [0.25, 0.3) is 0 Å². The maximum Gasteiger partial charge on any atom is 0.342 e. The summed E-state index contributed by atoms with van der Waals surface area (Å²) in [5.41, 5.74) is 1.12. The molecule has 0 aromatic heterocycles. The Labute approximate surface area is 145 Å². The summed E-state index contributed by atoms with van der Waals surface area (Å²) in [5.74, 6) is -0.599. The predicted octanol–water partition coefficient (Wildman–Crippen LogP) is 5.06. The molecule has 4 aromatic rings. The Bertz CT molecular complexity index is 1080. The Morgan fingerprint density at radius 1 is 0.800 bits per heavy atom. The molecule has 0 fully saturated rings. The summed E-state index contributed by atoms with van der Waals surface area (Å²) >= 11 is 0. The van der Waals surface area contributed by atoms with Crippen LogP contribution in [0.15, 0.2) is 78.9 Å². The highest BCUT2D eigenvalue weighted by molar-refractivity contribution is 5.98. The Balaban J connectivity index is 1.61. The number of esters is 1. The molecule has 4 rings (SSSR count). The first kappa shape index (κ1) is 15.2. The molecular weight excluding hydrogens is 312 g/mol. The highest BCUT2D eigenvalue weighted by atomic mass is 16.5. The molecule has 0 atom stereocenters. The van der Waals surface area contributed by atoms with Crippen molar-refractivity contribution in [2.24, 2.45) is 0 Å². The average Bonchev–Trinajstić information content (AvgIpc) is 2.65. The number of carbonyl (C=O) groups excluding carboxylic acids is 1. The summed E-state index contributed by atoms with van der Waals surface area (Å²) in [6.45, 7) is 0.159. The number of hydrogen-bond donors (Lipinski definition) is 1. The summed E-state index contributed by atoms with van der Waals surface area (Å²) in [5, 5.41) is 14.1. The minimum Gasteiger partial charge on any atom is -0.507 e. The third-order valence-electron chi connectivity index (χ3n) is 4.32. The molecule has 0 radical (unpaired) electrons. The largest absolute Gasteiger partial charge is 0.507 e. The van der Waals surface area contributed by atoms with E-state index in [-0.39, 0.29) is 17.9 Å². The fourth-order valence-corrected chi connectivity index (χ4v) is 3.03. The first-order chi connectivity index (χ1) is 12.2. The number of benzene rings is 4. The fourth-order valence-electron chi connectivity index (χ4n) is 3.03. The summed E-state index contributed by atoms with van der Waals surface area (Å²) in [6, 6.07) is 24.7. The van der Waals surface area contributed by atoms with Gasteiger partial charge in [0, 0.05) is 0 Å². The number of phenolic OH excluding ortho intramolecular Hbond substituents is 1. The first-order valence-electron chi connectivity index (χ1n) is 8.08. The van der Waals surface area contributed by atoms with Crippen LogP contribution >= 0.6 is 0 Å². The third kappa shape index (κ3) is 2.92. The number of rotatable bonds is 3. The van der Waals surface area contributed by atoms with Crippen molar-refractivity contribution in [3.8, 4) is 5.75 Å². The van der Waals surface area contributed by atoms with Crippen molar-refractivity contribution in [3.05, 3.63) is 90.0 Å². The van der Waals surface area contributed by atoms with Gasteiger partial charge in [0.1, 0.15) is 17.9 Å². The van der Waals surface area contributed by atoms with Crippen LogP contribution in [0.3, 0.4) is 0 Å². The molecule has 0 unspecified atom stereocenters. The highest BCUT2D eigenvalue weighted by Gasteiger charge is 2.14. The normalized spacial score (nSPS) is 10.9. The molecule has 1 N–H and O–H groups in total. The van der Waals surface area contributed by atoms with Crippen molar-refractivity contribution >= 4 is 27.5 Å². The second-order valence-electron chi connectivity index (χ2n) is 5.93. The zero-order chi connectivity index (χ0) is 17.2. The van der Waals surface area contributed by atoms with Crippen molar-refractivity contribution in [2.75, 3.05) is 0 Å². The molecule has 122 valence electrons. The Kier molecular flexibility index (Phi) is 3.82. The van der Waals surface area contributed by atoms with Crippen LogP contribution in [0.5, 0.6) is 5.75 Å². The van der Waals surface area contributed by atoms with Crippen molar-refractivity contribution in [3.63, 3.8) is 0 Å². The minimum absolute atomic E-state index is 0.0679. The van der Waals surface area contributed by atoms with Crippen LogP contribution in [-0.4, -0.2) is 11.1 Å². The quantitative estimate of drug-likeness (QED) is 0.535. The highest BCUT2D eigenvalue weighted by Crippen LogP contribution is 2.26. The lowest BCUT2D eigenvalue weighted by Crippen LogP contribution is -2.06. The van der Waals surface area contributed by atoms with Crippen LogP contribution < -0.4 is 0 Å². The van der Waals surface area contributed by atoms with Crippen molar-refractivity contribution in [1.82, 2.24) is 0 Å². The van der Waals surface area contributed by atoms with Gasteiger partial charge in [-0.1, -0.05) is 66.7 Å². The van der Waals surface area contributed by atoms with Gasteiger partial charge in [0.2, 0.25) is 0 Å². The van der Waals surface area contributed by atoms with Gasteiger partial charge < -0.3 is 9.84 Å². The average molecular weight is 328 g/mol. The van der Waals surface area contributed by atoms with Gasteiger partial charge >= 0.3 is 5.97 Å². The number of hydrogen-bond acceptors (Lipinski definition) is 3. The maximum atomic E-state index is 12.4. The molecule has 3 heteroatoms. The molecule has 0 saturated heterocycles. The van der Waals surface area contributed by atoms with Gasteiger partial charge in [0.15, 0.2) is 0 Å². The molecule has 3 nitrogen and oxygen atoms in total. The van der Waals surface area contributed by atoms with E-state index in [1.54, 1.807) is 12.1 Å². The van der Waals surface area contributed by atoms with Gasteiger partial charge in [-0.05, 0) is 39.2 Å². The lowest BCUT2D eigenvalue weighted by molar-refractivity contribution is 0.0471. The molecule has 0 saturated carbocycles. The molecule has 0 aliphatic heterocycles. The fraction of sp³-hybridized carbons (Fsp3) is 0.0455. The summed E-state index contributed by atoms with van der Waals surface area (Å²) in [7, 11) is 0. The number of ether oxygens (including phenoxy) is 1. The topological polar surface area (TPSA) is 46.5 Å². The lowest BCUT2D eigenvalue weighted by atomic mass is 10.0. The molecule has 0 bridgehead atoms. The molecule has 0 aliphatic carbocycles. The molecule has 0 amide bonds. The monoisotopic (exact) mass is 328 g/mol. The number of fused-ring (bicyclic) bond motifs is 2. The zero-order valence-electron chi connectivity index (χ0n) is 13.5. The molecule has 4 aromatic carbocycles. The molecule has 0 aliphatic rings. The predicted molar refractivity (Wildman–Crippen MR) is 98.7 cm³/mol. The van der Waals surface area contributed by atoms with E-state index in [1.165, 1.54) is 0 Å². The van der Waals surface area contributed by atoms with E-state index in [4.69, 9.17) is 4.74 Å². The molecular formula is C22H16O3. The van der Waals surface area contributed by atoms with Gasteiger partial charge in [-0.3, -0.25) is 0 Å². The third-order valence-corrected chi connectivity index (χ3v) is 4.32. The number of carbonyl (C=O) groups is 1. The molecule has 0 spiro atoms. The Morgan fingerprint density at radius 2 is 1.44 bits per heavy atom. The lowest BCUT2D eigenvalue weighted by Gasteiger charge is -2.10. The van der Waals surface area contributed by atoms with Gasteiger partial charge in [-0.25, -0.2) is 4.79 Å². The van der Waals surface area contributed by atoms with E-state index in [9.17, 15) is 9.90 Å². The van der Waals surface area contributed by atoms with E-state index in [0.717, 1.165) is 27.1 Å². The van der Waals surface area contributed by atoms with Crippen LogP contribution in [0.4, 0.5) is 0 Å². The number of phenols is 1. The van der Waals surface area contributed by atoms with Crippen LogP contribution in [-0.2, 0) is 11.3 Å². The molecule has 25 heavy (non-hydrogen) atoms. The smallest absolute Gasteiger partial charge is 0.342 e. The van der Waals surface area contributed by atoms with E-state index in [0.29, 0.717) is 0 Å². The van der Waals surface area contributed by atoms with Gasteiger partial charge in [0.05, 0.1) is 0 Å². The Hall–Kier alpha value is -3.33. The van der Waals surface area contributed by atoms with Crippen molar-refractivity contribution in [1.29, 1.82) is 0 Å². The second kappa shape index (κ2) is 6.29. The standard InChI is InChI=1S/C22H16O3/c23-21-13-17-8-2-1-7-16(17)12-20(21)22(24)25-14-18-10-5-9-15-6-3-4-11-19(15)18/h1-13,23H,14H2. The van der Waals surface area contributed by atoms with Crippen molar-refractivity contribution in [2.45, 2.75) is 6.61 Å². The van der Waals surface area contributed by atoms with E-state index >= 15 is 0 Å². The first-order valence-corrected chi connectivity index (χ1v) is 8.08. The zero-order valence-corrected chi connectivity index (χ0v) is 13.5. The maximum absolute atomic E-state index is 12.4. The van der Waals surface area contributed by atoms with Gasteiger partial charge in [-0.15, -0.1) is 0 Å². The summed E-state index contributed by atoms with van der Waals surface area (Å²) < 4.78 is 5.45. The summed E-state index contributed by atoms with van der Waals surface area (Å²) in [4.78, 5) is 12.4. The van der Waals surface area contributed by atoms with E-state index in [1.807, 2.05) is 66.7 Å². The number of aromatic hydroxyl groups is 1. The van der Waals surface area contributed by atoms with Crippen molar-refractivity contribution < 1.29 is 14.6 Å². The van der Waals surface area contributed by atoms with Crippen LogP contribution in [0.1, 0.15) is 15.9 Å². The second-order valence-corrected chi connectivity index (χ2v) is 5.93. The molecule has 0 heterocycles. The summed E-state index contributed by atoms with van der Waals surface area (Å²) in [6.07, 6.45) is 0. The van der Waals surface area contributed by atoms with Gasteiger partial charge in [-0.2, -0.15) is 0 Å². The Morgan fingerprint density at radius 3 is 2.24 bits per heavy atom. The van der Waals surface area contributed by atoms with Crippen LogP contribution in [0, 0.1) is 0 Å². The van der Waals surface area contributed by atoms with Crippen LogP contribution in [0.25, 0.3) is 21.5 Å². The minimum atomic E-state index is -0.531. The van der Waals surface area contributed by atoms with E-state index < -0.39 is 5.97 Å².